The fraction of sp³-hybridized carbons (Fsp3) is 0.118. The molecule has 0 radical (unpaired) electrons. The van der Waals surface area contributed by atoms with Gasteiger partial charge >= 0.3 is 0 Å². The molecule has 8 heteroatoms. The molecule has 0 aliphatic carbocycles. The van der Waals surface area contributed by atoms with Crippen LogP contribution in [0.3, 0.4) is 0 Å². The lowest BCUT2D eigenvalue weighted by molar-refractivity contribution is 0.197. The molecule has 4 rings (SSSR count). The second kappa shape index (κ2) is 6.25. The van der Waals surface area contributed by atoms with Crippen LogP contribution in [0.4, 0.5) is 0 Å². The molecule has 0 aliphatic rings. The molecular formula is C17H14N4O4. The van der Waals surface area contributed by atoms with Crippen LogP contribution in [-0.2, 0) is 0 Å². The number of nitrogens with one attached hydrogen (secondary N) is 1. The van der Waals surface area contributed by atoms with Crippen molar-refractivity contribution < 1.29 is 19.4 Å². The van der Waals surface area contributed by atoms with Gasteiger partial charge in [0.2, 0.25) is 11.8 Å². The predicted octanol–water partition coefficient (Wildman–Crippen LogP) is 2.36. The Hall–Kier alpha value is -3.39. The fourth-order valence-corrected chi connectivity index (χ4v) is 2.46. The van der Waals surface area contributed by atoms with Crippen LogP contribution in [0.2, 0.25) is 0 Å². The van der Waals surface area contributed by atoms with Crippen molar-refractivity contribution in [1.29, 1.82) is 0 Å². The van der Waals surface area contributed by atoms with Gasteiger partial charge in [0.15, 0.2) is 11.5 Å². The second-order valence-electron chi connectivity index (χ2n) is 5.34. The maximum Gasteiger partial charge on any atom is 0.248 e. The zero-order valence-electron chi connectivity index (χ0n) is 13.0. The first-order valence-electron chi connectivity index (χ1n) is 7.58. The third-order valence-corrected chi connectivity index (χ3v) is 3.67. The summed E-state index contributed by atoms with van der Waals surface area (Å²) in [6, 6.07) is 10.4. The van der Waals surface area contributed by atoms with Crippen molar-refractivity contribution in [1.82, 2.24) is 20.4 Å². The molecule has 2 aromatic carbocycles. The number of aromatic hydroxyl groups is 1. The lowest BCUT2D eigenvalue weighted by atomic mass is 10.1. The first-order valence-corrected chi connectivity index (χ1v) is 7.58. The van der Waals surface area contributed by atoms with E-state index in [0.29, 0.717) is 11.5 Å². The SMILES string of the molecule is OCCOc1ccc(-c2nnc(-c3ccc4[nH]ncc4c3)o2)cc1O. The van der Waals surface area contributed by atoms with Crippen molar-refractivity contribution in [2.45, 2.75) is 0 Å². The summed E-state index contributed by atoms with van der Waals surface area (Å²) in [7, 11) is 0. The molecule has 0 saturated heterocycles. The number of rotatable bonds is 5. The highest BCUT2D eigenvalue weighted by Gasteiger charge is 2.13. The summed E-state index contributed by atoms with van der Waals surface area (Å²) < 4.78 is 10.9. The molecule has 0 spiro atoms. The Morgan fingerprint density at radius 3 is 2.56 bits per heavy atom. The van der Waals surface area contributed by atoms with Crippen molar-refractivity contribution >= 4 is 10.9 Å². The molecule has 0 atom stereocenters. The number of phenols is 1. The number of aromatic amines is 1. The molecule has 0 unspecified atom stereocenters. The smallest absolute Gasteiger partial charge is 0.248 e. The summed E-state index contributed by atoms with van der Waals surface area (Å²) in [5.74, 6) is 0.873. The summed E-state index contributed by atoms with van der Waals surface area (Å²) in [4.78, 5) is 0. The summed E-state index contributed by atoms with van der Waals surface area (Å²) in [5.41, 5.74) is 2.27. The van der Waals surface area contributed by atoms with Crippen LogP contribution in [0.15, 0.2) is 47.0 Å². The van der Waals surface area contributed by atoms with E-state index < -0.39 is 0 Å². The van der Waals surface area contributed by atoms with E-state index in [9.17, 15) is 5.11 Å². The molecule has 126 valence electrons. The second-order valence-corrected chi connectivity index (χ2v) is 5.34. The molecule has 2 aromatic heterocycles. The Bertz CT molecular complexity index is 1020. The third-order valence-electron chi connectivity index (χ3n) is 3.67. The number of H-pyrrole nitrogens is 1. The number of aliphatic hydroxyl groups is 1. The summed E-state index contributed by atoms with van der Waals surface area (Å²) in [6.07, 6.45) is 1.72. The lowest BCUT2D eigenvalue weighted by Gasteiger charge is -2.06. The van der Waals surface area contributed by atoms with Gasteiger partial charge in [0.1, 0.15) is 6.61 Å². The third kappa shape index (κ3) is 2.90. The zero-order chi connectivity index (χ0) is 17.2. The fourth-order valence-electron chi connectivity index (χ4n) is 2.46. The molecule has 0 fully saturated rings. The number of nitrogens with zero attached hydrogens (tertiary/aromatic N) is 3. The summed E-state index contributed by atoms with van der Waals surface area (Å²) in [6.45, 7) is -0.0245. The number of benzene rings is 2. The van der Waals surface area contributed by atoms with E-state index in [2.05, 4.69) is 20.4 Å². The Balaban J connectivity index is 1.63. The minimum Gasteiger partial charge on any atom is -0.504 e. The highest BCUT2D eigenvalue weighted by atomic mass is 16.5. The largest absolute Gasteiger partial charge is 0.504 e. The summed E-state index contributed by atoms with van der Waals surface area (Å²) in [5, 5.41) is 34.7. The van der Waals surface area contributed by atoms with E-state index in [-0.39, 0.29) is 30.6 Å². The molecular weight excluding hydrogens is 324 g/mol. The van der Waals surface area contributed by atoms with E-state index in [1.165, 1.54) is 6.07 Å². The molecule has 0 saturated carbocycles. The van der Waals surface area contributed by atoms with Crippen molar-refractivity contribution in [3.8, 4) is 34.4 Å². The van der Waals surface area contributed by atoms with Gasteiger partial charge in [-0.1, -0.05) is 0 Å². The van der Waals surface area contributed by atoms with Crippen molar-refractivity contribution in [3.63, 3.8) is 0 Å². The van der Waals surface area contributed by atoms with Crippen molar-refractivity contribution in [2.75, 3.05) is 13.2 Å². The maximum atomic E-state index is 9.99. The zero-order valence-corrected chi connectivity index (χ0v) is 13.0. The van der Waals surface area contributed by atoms with Crippen LogP contribution in [0.5, 0.6) is 11.5 Å². The van der Waals surface area contributed by atoms with Gasteiger partial charge < -0.3 is 19.4 Å². The molecule has 2 heterocycles. The molecule has 4 aromatic rings. The first-order chi connectivity index (χ1) is 12.2. The van der Waals surface area contributed by atoms with Crippen LogP contribution in [0, 0.1) is 0 Å². The topological polar surface area (TPSA) is 117 Å². The molecule has 0 amide bonds. The Labute approximate surface area is 141 Å². The van der Waals surface area contributed by atoms with Gasteiger partial charge in [-0.2, -0.15) is 5.10 Å². The number of hydrogen-bond donors (Lipinski definition) is 3. The summed E-state index contributed by atoms with van der Waals surface area (Å²) >= 11 is 0. The number of fused-ring (bicyclic) bond motifs is 1. The van der Waals surface area contributed by atoms with Crippen molar-refractivity contribution in [2.24, 2.45) is 0 Å². The molecule has 0 bridgehead atoms. The van der Waals surface area contributed by atoms with Crippen LogP contribution in [0.25, 0.3) is 33.8 Å². The van der Waals surface area contributed by atoms with E-state index in [1.54, 1.807) is 18.3 Å². The average Bonchev–Trinajstić information content (AvgIpc) is 3.29. The number of phenolic OH excluding ortho intramolecular Hbond substituents is 1. The van der Waals surface area contributed by atoms with E-state index >= 15 is 0 Å². The number of hydrogen-bond acceptors (Lipinski definition) is 7. The first kappa shape index (κ1) is 15.2. The van der Waals surface area contributed by atoms with Gasteiger partial charge in [0.25, 0.3) is 0 Å². The van der Waals surface area contributed by atoms with Gasteiger partial charge in [0, 0.05) is 16.5 Å². The standard InChI is InChI=1S/C17H14N4O4/c22-5-6-24-15-4-2-11(8-14(15)23)17-21-20-16(25-17)10-1-3-13-12(7-10)9-18-19-13/h1-4,7-9,22-23H,5-6H2,(H,18,19). The van der Waals surface area contributed by atoms with E-state index in [4.69, 9.17) is 14.3 Å². The molecule has 3 N–H and O–H groups in total. The molecule has 0 aliphatic heterocycles. The normalized spacial score (nSPS) is 11.1. The van der Waals surface area contributed by atoms with Gasteiger partial charge in [-0.05, 0) is 36.4 Å². The minimum absolute atomic E-state index is 0.0643. The van der Waals surface area contributed by atoms with Gasteiger partial charge in [0.05, 0.1) is 18.3 Å². The Kier molecular flexibility index (Phi) is 3.79. The van der Waals surface area contributed by atoms with Gasteiger partial charge in [-0.3, -0.25) is 5.10 Å². The van der Waals surface area contributed by atoms with E-state index in [1.807, 2.05) is 18.2 Å². The van der Waals surface area contributed by atoms with Crippen LogP contribution in [0.1, 0.15) is 0 Å². The van der Waals surface area contributed by atoms with Gasteiger partial charge in [-0.15, -0.1) is 10.2 Å². The quantitative estimate of drug-likeness (QED) is 0.511. The predicted molar refractivity (Wildman–Crippen MR) is 89.1 cm³/mol. The highest BCUT2D eigenvalue weighted by Crippen LogP contribution is 2.32. The lowest BCUT2D eigenvalue weighted by Crippen LogP contribution is -2.01. The Morgan fingerprint density at radius 1 is 1.04 bits per heavy atom. The van der Waals surface area contributed by atoms with Gasteiger partial charge in [-0.25, -0.2) is 0 Å². The minimum atomic E-state index is -0.130. The Morgan fingerprint density at radius 2 is 1.80 bits per heavy atom. The molecule has 25 heavy (non-hydrogen) atoms. The van der Waals surface area contributed by atoms with Crippen molar-refractivity contribution in [3.05, 3.63) is 42.6 Å². The number of ether oxygens (including phenoxy) is 1. The molecule has 8 nitrogen and oxygen atoms in total. The highest BCUT2D eigenvalue weighted by molar-refractivity contribution is 5.82. The van der Waals surface area contributed by atoms with Crippen LogP contribution < -0.4 is 4.74 Å². The average molecular weight is 338 g/mol. The van der Waals surface area contributed by atoms with Crippen LogP contribution >= 0.6 is 0 Å². The monoisotopic (exact) mass is 338 g/mol. The maximum absolute atomic E-state index is 9.99. The van der Waals surface area contributed by atoms with Crippen LogP contribution in [-0.4, -0.2) is 43.8 Å². The number of aromatic nitrogens is 4. The van der Waals surface area contributed by atoms with E-state index in [0.717, 1.165) is 16.5 Å². The number of aliphatic hydroxyl groups excluding tert-OH is 1.